The molecule has 1 saturated heterocycles. The number of carbonyl (C=O) groups excluding carboxylic acids is 1. The van der Waals surface area contributed by atoms with Crippen LogP contribution in [0.25, 0.3) is 0 Å². The Morgan fingerprint density at radius 2 is 2.00 bits per heavy atom. The van der Waals surface area contributed by atoms with E-state index in [2.05, 4.69) is 6.92 Å². The molecule has 2 fully saturated rings. The highest BCUT2D eigenvalue weighted by Gasteiger charge is 2.40. The van der Waals surface area contributed by atoms with Crippen molar-refractivity contribution >= 4 is 6.03 Å². The number of rotatable bonds is 4. The maximum atomic E-state index is 12.3. The van der Waals surface area contributed by atoms with E-state index in [1.165, 1.54) is 32.1 Å². The molecule has 1 heterocycles. The highest BCUT2D eigenvalue weighted by atomic mass is 16.2. The topological polar surface area (TPSA) is 49.6 Å². The lowest BCUT2D eigenvalue weighted by Crippen LogP contribution is -2.38. The van der Waals surface area contributed by atoms with Crippen LogP contribution in [0.2, 0.25) is 0 Å². The summed E-state index contributed by atoms with van der Waals surface area (Å²) in [5, 5.41) is 0. The summed E-state index contributed by atoms with van der Waals surface area (Å²) in [6, 6.07) is 0.906. The van der Waals surface area contributed by atoms with Crippen LogP contribution in [-0.2, 0) is 0 Å². The quantitative estimate of drug-likeness (QED) is 0.833. The Hall–Kier alpha value is -0.770. The molecule has 1 aliphatic carbocycles. The van der Waals surface area contributed by atoms with Gasteiger partial charge in [0, 0.05) is 19.6 Å². The molecule has 4 heteroatoms. The zero-order chi connectivity index (χ0) is 13.1. The molecule has 2 amide bonds. The Morgan fingerprint density at radius 3 is 2.61 bits per heavy atom. The minimum absolute atomic E-state index is 0.200. The molecule has 1 saturated carbocycles. The van der Waals surface area contributed by atoms with Crippen LogP contribution in [0.1, 0.15) is 45.4 Å². The zero-order valence-corrected chi connectivity index (χ0v) is 11.8. The van der Waals surface area contributed by atoms with Crippen molar-refractivity contribution in [3.05, 3.63) is 0 Å². The van der Waals surface area contributed by atoms with Crippen molar-refractivity contribution in [2.75, 3.05) is 20.1 Å². The Labute approximate surface area is 110 Å². The first-order chi connectivity index (χ1) is 8.65. The molecule has 2 unspecified atom stereocenters. The van der Waals surface area contributed by atoms with Gasteiger partial charge in [-0.3, -0.25) is 0 Å². The van der Waals surface area contributed by atoms with Gasteiger partial charge in [-0.15, -0.1) is 0 Å². The highest BCUT2D eigenvalue weighted by molar-refractivity contribution is 5.77. The summed E-state index contributed by atoms with van der Waals surface area (Å²) in [4.78, 5) is 16.3. The number of hydrogen-bond acceptors (Lipinski definition) is 2. The average Bonchev–Trinajstić information content (AvgIpc) is 2.68. The zero-order valence-electron chi connectivity index (χ0n) is 11.8. The highest BCUT2D eigenvalue weighted by Crippen LogP contribution is 2.32. The minimum atomic E-state index is 0.200. The summed E-state index contributed by atoms with van der Waals surface area (Å²) in [7, 11) is 1.97. The third-order valence-corrected chi connectivity index (χ3v) is 4.74. The molecule has 18 heavy (non-hydrogen) atoms. The molecule has 0 bridgehead atoms. The van der Waals surface area contributed by atoms with Crippen molar-refractivity contribution in [3.63, 3.8) is 0 Å². The SMILES string of the molecule is CC(CCN)N1CC(C2CCCCC2)N(C)C1=O. The van der Waals surface area contributed by atoms with E-state index >= 15 is 0 Å². The van der Waals surface area contributed by atoms with Crippen LogP contribution in [-0.4, -0.2) is 48.1 Å². The summed E-state index contributed by atoms with van der Waals surface area (Å²) >= 11 is 0. The molecule has 0 aromatic rings. The maximum absolute atomic E-state index is 12.3. The Balaban J connectivity index is 1.99. The molecule has 0 spiro atoms. The van der Waals surface area contributed by atoms with Crippen LogP contribution >= 0.6 is 0 Å². The first-order valence-corrected chi connectivity index (χ1v) is 7.38. The lowest BCUT2D eigenvalue weighted by Gasteiger charge is -2.30. The fourth-order valence-corrected chi connectivity index (χ4v) is 3.50. The monoisotopic (exact) mass is 253 g/mol. The van der Waals surface area contributed by atoms with Crippen molar-refractivity contribution in [1.29, 1.82) is 0 Å². The van der Waals surface area contributed by atoms with Crippen molar-refractivity contribution in [2.45, 2.75) is 57.5 Å². The van der Waals surface area contributed by atoms with E-state index in [1.54, 1.807) is 0 Å². The standard InChI is InChI=1S/C14H27N3O/c1-11(8-9-15)17-10-13(16(2)14(17)18)12-6-4-3-5-7-12/h11-13H,3-10,15H2,1-2H3. The van der Waals surface area contributed by atoms with Gasteiger partial charge in [-0.05, 0) is 38.6 Å². The summed E-state index contributed by atoms with van der Waals surface area (Å²) in [5.41, 5.74) is 5.60. The number of likely N-dealkylation sites (N-methyl/N-ethyl adjacent to an activating group) is 1. The third-order valence-electron chi connectivity index (χ3n) is 4.74. The van der Waals surface area contributed by atoms with E-state index in [0.717, 1.165) is 13.0 Å². The number of nitrogens with two attached hydrogens (primary N) is 1. The fourth-order valence-electron chi connectivity index (χ4n) is 3.50. The van der Waals surface area contributed by atoms with E-state index < -0.39 is 0 Å². The molecular formula is C14H27N3O. The van der Waals surface area contributed by atoms with Gasteiger partial charge >= 0.3 is 6.03 Å². The van der Waals surface area contributed by atoms with E-state index in [9.17, 15) is 4.79 Å². The normalized spacial score (nSPS) is 27.9. The number of carbonyl (C=O) groups is 1. The molecule has 2 aliphatic rings. The van der Waals surface area contributed by atoms with Crippen LogP contribution < -0.4 is 5.73 Å². The molecule has 1 aliphatic heterocycles. The Kier molecular flexibility index (Phi) is 4.49. The molecule has 2 N–H and O–H groups in total. The molecule has 2 rings (SSSR count). The second kappa shape index (κ2) is 5.91. The van der Waals surface area contributed by atoms with E-state index in [0.29, 0.717) is 18.5 Å². The van der Waals surface area contributed by atoms with E-state index in [4.69, 9.17) is 5.73 Å². The Morgan fingerprint density at radius 1 is 1.33 bits per heavy atom. The van der Waals surface area contributed by atoms with Crippen LogP contribution in [0, 0.1) is 5.92 Å². The molecule has 2 atom stereocenters. The van der Waals surface area contributed by atoms with Gasteiger partial charge in [-0.2, -0.15) is 0 Å². The number of urea groups is 1. The molecule has 0 aromatic carbocycles. The predicted octanol–water partition coefficient (Wildman–Crippen LogP) is 2.04. The van der Waals surface area contributed by atoms with E-state index in [-0.39, 0.29) is 12.1 Å². The molecule has 0 aromatic heterocycles. The summed E-state index contributed by atoms with van der Waals surface area (Å²) in [6.07, 6.45) is 7.52. The van der Waals surface area contributed by atoms with Crippen molar-refractivity contribution in [3.8, 4) is 0 Å². The van der Waals surface area contributed by atoms with Crippen LogP contribution in [0.3, 0.4) is 0 Å². The first-order valence-electron chi connectivity index (χ1n) is 7.38. The van der Waals surface area contributed by atoms with Gasteiger partial charge in [-0.25, -0.2) is 4.79 Å². The smallest absolute Gasteiger partial charge is 0.320 e. The van der Waals surface area contributed by atoms with Crippen molar-refractivity contribution in [1.82, 2.24) is 9.80 Å². The Bertz CT molecular complexity index is 289. The molecule has 104 valence electrons. The minimum Gasteiger partial charge on any atom is -0.330 e. The average molecular weight is 253 g/mol. The first kappa shape index (κ1) is 13.7. The van der Waals surface area contributed by atoms with Crippen molar-refractivity contribution < 1.29 is 4.79 Å². The second-order valence-electron chi connectivity index (χ2n) is 5.94. The van der Waals surface area contributed by atoms with Crippen LogP contribution in [0.15, 0.2) is 0 Å². The second-order valence-corrected chi connectivity index (χ2v) is 5.94. The summed E-state index contributed by atoms with van der Waals surface area (Å²) in [5.74, 6) is 0.711. The van der Waals surface area contributed by atoms with Gasteiger partial charge < -0.3 is 15.5 Å². The van der Waals surface area contributed by atoms with Crippen LogP contribution in [0.5, 0.6) is 0 Å². The lowest BCUT2D eigenvalue weighted by molar-refractivity contribution is 0.175. The lowest BCUT2D eigenvalue weighted by atomic mass is 9.83. The number of nitrogens with zero attached hydrogens (tertiary/aromatic N) is 2. The van der Waals surface area contributed by atoms with Crippen LogP contribution in [0.4, 0.5) is 4.79 Å². The summed E-state index contributed by atoms with van der Waals surface area (Å²) < 4.78 is 0. The number of hydrogen-bond donors (Lipinski definition) is 1. The largest absolute Gasteiger partial charge is 0.330 e. The van der Waals surface area contributed by atoms with Crippen molar-refractivity contribution in [2.24, 2.45) is 11.7 Å². The fraction of sp³-hybridized carbons (Fsp3) is 0.929. The number of amides is 2. The maximum Gasteiger partial charge on any atom is 0.320 e. The predicted molar refractivity (Wildman–Crippen MR) is 73.4 cm³/mol. The van der Waals surface area contributed by atoms with Gasteiger partial charge in [-0.1, -0.05) is 19.3 Å². The third kappa shape index (κ3) is 2.63. The van der Waals surface area contributed by atoms with E-state index in [1.807, 2.05) is 16.8 Å². The summed E-state index contributed by atoms with van der Waals surface area (Å²) in [6.45, 7) is 3.67. The van der Waals surface area contributed by atoms with Gasteiger partial charge in [0.25, 0.3) is 0 Å². The molecule has 4 nitrogen and oxygen atoms in total. The molecular weight excluding hydrogens is 226 g/mol. The van der Waals surface area contributed by atoms with Gasteiger partial charge in [0.1, 0.15) is 0 Å². The van der Waals surface area contributed by atoms with Gasteiger partial charge in [0.15, 0.2) is 0 Å². The molecule has 0 radical (unpaired) electrons. The van der Waals surface area contributed by atoms with Gasteiger partial charge in [0.05, 0.1) is 6.04 Å². The van der Waals surface area contributed by atoms with Gasteiger partial charge in [0.2, 0.25) is 0 Å².